The van der Waals surface area contributed by atoms with Gasteiger partial charge in [0, 0.05) is 6.42 Å². The van der Waals surface area contributed by atoms with E-state index < -0.39 is 10.4 Å². The van der Waals surface area contributed by atoms with E-state index in [1.807, 2.05) is 14.1 Å². The van der Waals surface area contributed by atoms with Gasteiger partial charge < -0.3 is 9.22 Å². The van der Waals surface area contributed by atoms with E-state index >= 15 is 0 Å². The quantitative estimate of drug-likeness (QED) is 0.288. The number of quaternary nitrogens is 1. The monoisotopic (exact) mass is 298 g/mol. The van der Waals surface area contributed by atoms with Crippen molar-refractivity contribution in [2.24, 2.45) is 5.92 Å². The highest BCUT2D eigenvalue weighted by Crippen LogP contribution is 2.02. The van der Waals surface area contributed by atoms with E-state index in [0.717, 1.165) is 0 Å². The Kier molecular flexibility index (Phi) is 7.50. The van der Waals surface area contributed by atoms with Gasteiger partial charge in [0.05, 0.1) is 33.2 Å². The van der Waals surface area contributed by atoms with Crippen LogP contribution in [-0.2, 0) is 24.1 Å². The molecule has 0 bridgehead atoms. The number of hydrogen-bond acceptors (Lipinski definition) is 5. The first-order valence-corrected chi connectivity index (χ1v) is 7.50. The molecule has 19 heavy (non-hydrogen) atoms. The summed E-state index contributed by atoms with van der Waals surface area (Å²) < 4.78 is 38.9. The fourth-order valence-corrected chi connectivity index (χ4v) is 1.66. The van der Waals surface area contributed by atoms with Crippen molar-refractivity contribution < 1.29 is 31.2 Å². The van der Waals surface area contributed by atoms with Crippen molar-refractivity contribution in [3.8, 4) is 0 Å². The number of rotatable bonds is 9. The number of ether oxygens (including phenoxy) is 1. The SMILES string of the molecule is CC(C)C(=O)OCC[N+](C)(C)CCCOS(=O)(=O)O. The minimum atomic E-state index is -4.36. The summed E-state index contributed by atoms with van der Waals surface area (Å²) in [6.45, 7) is 5.08. The predicted molar refractivity (Wildman–Crippen MR) is 69.8 cm³/mol. The highest BCUT2D eigenvalue weighted by molar-refractivity contribution is 7.80. The lowest BCUT2D eigenvalue weighted by Crippen LogP contribution is -2.43. The van der Waals surface area contributed by atoms with Crippen LogP contribution in [0.2, 0.25) is 0 Å². The maximum absolute atomic E-state index is 11.3. The van der Waals surface area contributed by atoms with Gasteiger partial charge in [-0.25, -0.2) is 4.18 Å². The Morgan fingerprint density at radius 2 is 1.79 bits per heavy atom. The molecule has 0 heterocycles. The lowest BCUT2D eigenvalue weighted by Gasteiger charge is -2.29. The Morgan fingerprint density at radius 1 is 1.21 bits per heavy atom. The topological polar surface area (TPSA) is 89.9 Å². The fraction of sp³-hybridized carbons (Fsp3) is 0.909. The molecule has 0 fully saturated rings. The predicted octanol–water partition coefficient (Wildman–Crippen LogP) is 0.472. The number of carbonyl (C=O) groups excluding carboxylic acids is 1. The van der Waals surface area contributed by atoms with Crippen molar-refractivity contribution in [3.05, 3.63) is 0 Å². The zero-order chi connectivity index (χ0) is 15.1. The van der Waals surface area contributed by atoms with E-state index in [4.69, 9.17) is 9.29 Å². The Hall–Kier alpha value is -0.700. The number of likely N-dealkylation sites (N-methyl/N-ethyl adjacent to an activating group) is 1. The minimum Gasteiger partial charge on any atom is -0.459 e. The van der Waals surface area contributed by atoms with E-state index in [1.54, 1.807) is 13.8 Å². The van der Waals surface area contributed by atoms with Crippen molar-refractivity contribution in [1.82, 2.24) is 0 Å². The molecule has 0 aromatic carbocycles. The number of esters is 1. The van der Waals surface area contributed by atoms with E-state index in [0.29, 0.717) is 30.6 Å². The molecule has 0 radical (unpaired) electrons. The third kappa shape index (κ3) is 10.9. The van der Waals surface area contributed by atoms with E-state index in [9.17, 15) is 13.2 Å². The van der Waals surface area contributed by atoms with Crippen molar-refractivity contribution in [1.29, 1.82) is 0 Å². The molecule has 0 aliphatic carbocycles. The third-order valence-electron chi connectivity index (χ3n) is 2.55. The van der Waals surface area contributed by atoms with Gasteiger partial charge >= 0.3 is 16.4 Å². The van der Waals surface area contributed by atoms with Crippen LogP contribution in [0.5, 0.6) is 0 Å². The molecule has 0 atom stereocenters. The van der Waals surface area contributed by atoms with E-state index in [-0.39, 0.29) is 18.5 Å². The van der Waals surface area contributed by atoms with Gasteiger partial charge in [-0.2, -0.15) is 8.42 Å². The number of hydrogen-bond donors (Lipinski definition) is 1. The Bertz CT molecular complexity index is 377. The first kappa shape index (κ1) is 18.3. The molecule has 0 spiro atoms. The molecule has 114 valence electrons. The maximum atomic E-state index is 11.3. The Balaban J connectivity index is 3.83. The van der Waals surface area contributed by atoms with Crippen molar-refractivity contribution in [2.45, 2.75) is 20.3 Å². The zero-order valence-electron chi connectivity index (χ0n) is 12.0. The van der Waals surface area contributed by atoms with Crippen molar-refractivity contribution >= 4 is 16.4 Å². The highest BCUT2D eigenvalue weighted by Gasteiger charge is 2.17. The zero-order valence-corrected chi connectivity index (χ0v) is 12.8. The normalized spacial score (nSPS) is 12.7. The third-order valence-corrected chi connectivity index (χ3v) is 3.02. The molecule has 0 aliphatic heterocycles. The fourth-order valence-electron chi connectivity index (χ4n) is 1.33. The number of nitrogens with zero attached hydrogens (tertiary/aromatic N) is 1. The first-order chi connectivity index (χ1) is 8.53. The lowest BCUT2D eigenvalue weighted by molar-refractivity contribution is -0.890. The second-order valence-corrected chi connectivity index (χ2v) is 6.40. The average molecular weight is 298 g/mol. The summed E-state index contributed by atoms with van der Waals surface area (Å²) >= 11 is 0. The number of carbonyl (C=O) groups is 1. The van der Waals surface area contributed by atoms with Crippen LogP contribution in [0.25, 0.3) is 0 Å². The molecule has 0 amide bonds. The van der Waals surface area contributed by atoms with Gasteiger partial charge in [0.1, 0.15) is 13.2 Å². The molecule has 0 aliphatic rings. The summed E-state index contributed by atoms with van der Waals surface area (Å²) in [5.74, 6) is -0.367. The largest absolute Gasteiger partial charge is 0.459 e. The summed E-state index contributed by atoms with van der Waals surface area (Å²) in [5, 5.41) is 0. The average Bonchev–Trinajstić information content (AvgIpc) is 2.22. The van der Waals surface area contributed by atoms with Gasteiger partial charge in [0.15, 0.2) is 0 Å². The van der Waals surface area contributed by atoms with Gasteiger partial charge in [-0.3, -0.25) is 9.35 Å². The second-order valence-electron chi connectivity index (χ2n) is 5.31. The van der Waals surface area contributed by atoms with E-state index in [1.165, 1.54) is 0 Å². The summed E-state index contributed by atoms with van der Waals surface area (Å²) in [5.41, 5.74) is 0. The minimum absolute atomic E-state index is 0.0632. The van der Waals surface area contributed by atoms with Crippen LogP contribution in [0, 0.1) is 5.92 Å². The van der Waals surface area contributed by atoms with Gasteiger partial charge in [0.2, 0.25) is 0 Å². The Labute approximate surface area is 115 Å². The molecule has 8 heteroatoms. The van der Waals surface area contributed by atoms with Gasteiger partial charge in [-0.1, -0.05) is 13.8 Å². The smallest absolute Gasteiger partial charge is 0.397 e. The molecular formula is C11H24NO6S+. The van der Waals surface area contributed by atoms with Crippen LogP contribution in [0.3, 0.4) is 0 Å². The molecule has 7 nitrogen and oxygen atoms in total. The summed E-state index contributed by atoms with van der Waals surface area (Å²) in [7, 11) is -0.474. The van der Waals surface area contributed by atoms with Crippen LogP contribution in [0.4, 0.5) is 0 Å². The van der Waals surface area contributed by atoms with E-state index in [2.05, 4.69) is 4.18 Å². The molecular weight excluding hydrogens is 274 g/mol. The van der Waals surface area contributed by atoms with Gasteiger partial charge in [0.25, 0.3) is 0 Å². The van der Waals surface area contributed by atoms with Crippen LogP contribution in [0.1, 0.15) is 20.3 Å². The standard InChI is InChI=1S/C11H23NO6S/c1-10(2)11(13)17-9-7-12(3,4)6-5-8-18-19(14,15)16/h10H,5-9H2,1-4H3/p+1. The first-order valence-electron chi connectivity index (χ1n) is 6.14. The summed E-state index contributed by atoms with van der Waals surface area (Å²) in [6.07, 6.45) is 0.477. The van der Waals surface area contributed by atoms with Crippen molar-refractivity contribution in [3.63, 3.8) is 0 Å². The molecule has 0 saturated carbocycles. The second kappa shape index (κ2) is 7.78. The lowest BCUT2D eigenvalue weighted by atomic mass is 10.2. The van der Waals surface area contributed by atoms with Crippen LogP contribution in [0.15, 0.2) is 0 Å². The van der Waals surface area contributed by atoms with Crippen LogP contribution >= 0.6 is 0 Å². The van der Waals surface area contributed by atoms with Crippen molar-refractivity contribution in [2.75, 3.05) is 40.4 Å². The molecule has 0 aromatic rings. The molecule has 1 N–H and O–H groups in total. The van der Waals surface area contributed by atoms with Crippen LogP contribution in [-0.4, -0.2) is 63.8 Å². The Morgan fingerprint density at radius 3 is 2.26 bits per heavy atom. The molecule has 0 unspecified atom stereocenters. The summed E-state index contributed by atoms with van der Waals surface area (Å²) in [4.78, 5) is 11.3. The van der Waals surface area contributed by atoms with Gasteiger partial charge in [-0.15, -0.1) is 0 Å². The molecule has 0 saturated heterocycles. The molecule has 0 rings (SSSR count). The van der Waals surface area contributed by atoms with Gasteiger partial charge in [-0.05, 0) is 0 Å². The molecule has 0 aromatic heterocycles. The maximum Gasteiger partial charge on any atom is 0.397 e. The summed E-state index contributed by atoms with van der Waals surface area (Å²) in [6, 6.07) is 0. The van der Waals surface area contributed by atoms with Crippen LogP contribution < -0.4 is 0 Å². The highest BCUT2D eigenvalue weighted by atomic mass is 32.3.